The number of rotatable bonds is 1. The van der Waals surface area contributed by atoms with E-state index in [1.165, 1.54) is 4.90 Å². The predicted octanol–water partition coefficient (Wildman–Crippen LogP) is 1.55. The summed E-state index contributed by atoms with van der Waals surface area (Å²) in [4.78, 5) is 14.5. The van der Waals surface area contributed by atoms with Crippen molar-refractivity contribution >= 4 is 17.5 Å². The Labute approximate surface area is 117 Å². The molecule has 6 heteroatoms. The number of hydrogen-bond acceptors (Lipinski definition) is 4. The topological polar surface area (TPSA) is 90.0 Å². The lowest BCUT2D eigenvalue weighted by Crippen LogP contribution is -2.61. The number of hydrogen-bond donors (Lipinski definition) is 3. The van der Waals surface area contributed by atoms with Gasteiger partial charge in [0.25, 0.3) is 0 Å². The van der Waals surface area contributed by atoms with E-state index in [2.05, 4.69) is 4.90 Å². The summed E-state index contributed by atoms with van der Waals surface area (Å²) in [6.45, 7) is 3.08. The van der Waals surface area contributed by atoms with E-state index in [1.54, 1.807) is 12.1 Å². The average molecular weight is 277 g/mol. The minimum absolute atomic E-state index is 0.114. The van der Waals surface area contributed by atoms with Gasteiger partial charge in [-0.15, -0.1) is 0 Å². The highest BCUT2D eigenvalue weighted by molar-refractivity contribution is 5.66. The zero-order valence-electron chi connectivity index (χ0n) is 11.2. The Balaban J connectivity index is 1.62. The lowest BCUT2D eigenvalue weighted by Gasteiger charge is -2.53. The van der Waals surface area contributed by atoms with Crippen LogP contribution in [0.15, 0.2) is 18.2 Å². The molecule has 0 aromatic heterocycles. The standard InChI is InChI=1S/C14H19N3O3/c15-11-2-1-10(7-12(11)18)16-5-3-14(4-6-16)8-17(9-14)13(19)20/h1-2,7,18H,3-6,8-9,15H2,(H,19,20). The van der Waals surface area contributed by atoms with Crippen LogP contribution in [-0.2, 0) is 0 Å². The maximum absolute atomic E-state index is 10.8. The number of likely N-dealkylation sites (tertiary alicyclic amines) is 1. The highest BCUT2D eigenvalue weighted by Crippen LogP contribution is 2.41. The van der Waals surface area contributed by atoms with Gasteiger partial charge in [0.15, 0.2) is 0 Å². The van der Waals surface area contributed by atoms with E-state index in [9.17, 15) is 9.90 Å². The minimum Gasteiger partial charge on any atom is -0.506 e. The monoisotopic (exact) mass is 277 g/mol. The average Bonchev–Trinajstić information content (AvgIpc) is 2.39. The van der Waals surface area contributed by atoms with Crippen molar-refractivity contribution in [3.8, 4) is 5.75 Å². The highest BCUT2D eigenvalue weighted by atomic mass is 16.4. The van der Waals surface area contributed by atoms with Crippen LogP contribution in [0.4, 0.5) is 16.2 Å². The smallest absolute Gasteiger partial charge is 0.407 e. The normalized spacial score (nSPS) is 20.8. The van der Waals surface area contributed by atoms with Crippen molar-refractivity contribution in [3.63, 3.8) is 0 Å². The summed E-state index contributed by atoms with van der Waals surface area (Å²) < 4.78 is 0. The number of carboxylic acid groups (broad SMARTS) is 1. The molecule has 108 valence electrons. The molecule has 1 spiro atoms. The number of aromatic hydroxyl groups is 1. The molecule has 1 amide bonds. The summed E-state index contributed by atoms with van der Waals surface area (Å²) >= 11 is 0. The van der Waals surface area contributed by atoms with Crippen LogP contribution >= 0.6 is 0 Å². The van der Waals surface area contributed by atoms with Crippen molar-refractivity contribution in [3.05, 3.63) is 18.2 Å². The number of piperidine rings is 1. The fourth-order valence-electron chi connectivity index (χ4n) is 3.18. The maximum Gasteiger partial charge on any atom is 0.407 e. The van der Waals surface area contributed by atoms with Gasteiger partial charge in [0.1, 0.15) is 5.75 Å². The van der Waals surface area contributed by atoms with Crippen LogP contribution < -0.4 is 10.6 Å². The van der Waals surface area contributed by atoms with Crippen molar-refractivity contribution < 1.29 is 15.0 Å². The van der Waals surface area contributed by atoms with E-state index in [-0.39, 0.29) is 11.2 Å². The lowest BCUT2D eigenvalue weighted by atomic mass is 9.72. The van der Waals surface area contributed by atoms with Gasteiger partial charge in [0.2, 0.25) is 0 Å². The third-order valence-corrected chi connectivity index (χ3v) is 4.53. The van der Waals surface area contributed by atoms with E-state index in [1.807, 2.05) is 6.07 Å². The largest absolute Gasteiger partial charge is 0.506 e. The van der Waals surface area contributed by atoms with Gasteiger partial charge in [-0.05, 0) is 25.0 Å². The van der Waals surface area contributed by atoms with Gasteiger partial charge in [-0.1, -0.05) is 0 Å². The molecule has 0 atom stereocenters. The first-order valence-electron chi connectivity index (χ1n) is 6.80. The van der Waals surface area contributed by atoms with Crippen molar-refractivity contribution in [2.24, 2.45) is 5.41 Å². The number of phenolic OH excluding ortho intramolecular Hbond substituents is 1. The third kappa shape index (κ3) is 2.11. The predicted molar refractivity (Wildman–Crippen MR) is 76.0 cm³/mol. The van der Waals surface area contributed by atoms with Gasteiger partial charge in [-0.2, -0.15) is 0 Å². The zero-order chi connectivity index (χ0) is 14.3. The van der Waals surface area contributed by atoms with Crippen LogP contribution in [0.3, 0.4) is 0 Å². The Kier molecular flexibility index (Phi) is 2.88. The van der Waals surface area contributed by atoms with Crippen molar-refractivity contribution in [2.75, 3.05) is 36.8 Å². The van der Waals surface area contributed by atoms with E-state index in [4.69, 9.17) is 10.8 Å². The number of phenols is 1. The molecule has 0 unspecified atom stereocenters. The lowest BCUT2D eigenvalue weighted by molar-refractivity contribution is -0.00635. The van der Waals surface area contributed by atoms with E-state index in [0.717, 1.165) is 31.6 Å². The molecule has 0 bridgehead atoms. The summed E-state index contributed by atoms with van der Waals surface area (Å²) in [6, 6.07) is 5.32. The van der Waals surface area contributed by atoms with Crippen molar-refractivity contribution in [1.82, 2.24) is 4.90 Å². The first-order valence-corrected chi connectivity index (χ1v) is 6.80. The minimum atomic E-state index is -0.818. The molecule has 0 aliphatic carbocycles. The molecule has 0 saturated carbocycles. The van der Waals surface area contributed by atoms with Gasteiger partial charge in [0, 0.05) is 43.3 Å². The van der Waals surface area contributed by atoms with Crippen LogP contribution in [0.1, 0.15) is 12.8 Å². The Morgan fingerprint density at radius 3 is 2.45 bits per heavy atom. The summed E-state index contributed by atoms with van der Waals surface area (Å²) in [6.07, 6.45) is 1.16. The van der Waals surface area contributed by atoms with Crippen molar-refractivity contribution in [2.45, 2.75) is 12.8 Å². The number of anilines is 2. The van der Waals surface area contributed by atoms with Gasteiger partial charge in [-0.25, -0.2) is 4.79 Å². The molecule has 2 saturated heterocycles. The summed E-state index contributed by atoms with van der Waals surface area (Å²) in [5.74, 6) is 0.114. The van der Waals surface area contributed by atoms with Crippen LogP contribution in [0.2, 0.25) is 0 Å². The Morgan fingerprint density at radius 1 is 1.25 bits per heavy atom. The Bertz CT molecular complexity index is 530. The molecule has 2 aliphatic heterocycles. The molecular formula is C14H19N3O3. The molecule has 3 rings (SSSR count). The van der Waals surface area contributed by atoms with Crippen LogP contribution in [0, 0.1) is 5.41 Å². The van der Waals surface area contributed by atoms with Crippen molar-refractivity contribution in [1.29, 1.82) is 0 Å². The molecule has 6 nitrogen and oxygen atoms in total. The van der Waals surface area contributed by atoms with E-state index in [0.29, 0.717) is 18.8 Å². The first kappa shape index (κ1) is 12.9. The Hall–Kier alpha value is -2.11. The van der Waals surface area contributed by atoms with Crippen LogP contribution in [-0.4, -0.2) is 47.4 Å². The van der Waals surface area contributed by atoms with Gasteiger partial charge in [0.05, 0.1) is 5.69 Å². The SMILES string of the molecule is Nc1ccc(N2CCC3(CC2)CN(C(=O)O)C3)cc1O. The number of amides is 1. The third-order valence-electron chi connectivity index (χ3n) is 4.53. The first-order chi connectivity index (χ1) is 9.49. The summed E-state index contributed by atoms with van der Waals surface area (Å²) in [5, 5.41) is 18.6. The van der Waals surface area contributed by atoms with Gasteiger partial charge >= 0.3 is 6.09 Å². The van der Waals surface area contributed by atoms with E-state index >= 15 is 0 Å². The zero-order valence-corrected chi connectivity index (χ0v) is 11.2. The second kappa shape index (κ2) is 4.47. The molecule has 0 radical (unpaired) electrons. The number of benzene rings is 1. The molecule has 4 N–H and O–H groups in total. The second-order valence-corrected chi connectivity index (χ2v) is 5.87. The number of nitrogen functional groups attached to an aromatic ring is 1. The quantitative estimate of drug-likeness (QED) is 0.535. The molecule has 2 fully saturated rings. The van der Waals surface area contributed by atoms with Crippen LogP contribution in [0.25, 0.3) is 0 Å². The second-order valence-electron chi connectivity index (χ2n) is 5.87. The fraction of sp³-hybridized carbons (Fsp3) is 0.500. The van der Waals surface area contributed by atoms with Gasteiger partial charge < -0.3 is 25.7 Å². The molecule has 1 aromatic carbocycles. The highest BCUT2D eigenvalue weighted by Gasteiger charge is 2.46. The summed E-state index contributed by atoms with van der Waals surface area (Å²) in [7, 11) is 0. The van der Waals surface area contributed by atoms with Crippen LogP contribution in [0.5, 0.6) is 5.75 Å². The number of nitrogens with zero attached hydrogens (tertiary/aromatic N) is 2. The molecule has 2 aliphatic rings. The number of nitrogens with two attached hydrogens (primary N) is 1. The molecule has 20 heavy (non-hydrogen) atoms. The molecular weight excluding hydrogens is 258 g/mol. The molecule has 2 heterocycles. The summed E-state index contributed by atoms with van der Waals surface area (Å²) in [5.41, 5.74) is 7.14. The van der Waals surface area contributed by atoms with Gasteiger partial charge in [-0.3, -0.25) is 0 Å². The maximum atomic E-state index is 10.8. The number of carbonyl (C=O) groups is 1. The Morgan fingerprint density at radius 2 is 1.90 bits per heavy atom. The fourth-order valence-corrected chi connectivity index (χ4v) is 3.18. The van der Waals surface area contributed by atoms with E-state index < -0.39 is 6.09 Å². The molecule has 1 aromatic rings.